The molecule has 0 bridgehead atoms. The number of nitro benzene ring substituents is 1. The van der Waals surface area contributed by atoms with Crippen LogP contribution in [0.4, 0.5) is 24.5 Å². The zero-order valence-electron chi connectivity index (χ0n) is 24.4. The van der Waals surface area contributed by atoms with Crippen molar-refractivity contribution in [3.8, 4) is 0 Å². The average Bonchev–Trinajstić information content (AvgIpc) is 3.46. The van der Waals surface area contributed by atoms with Crippen LogP contribution >= 0.6 is 12.2 Å². The molecule has 0 aliphatic heterocycles. The van der Waals surface area contributed by atoms with Gasteiger partial charge in [-0.15, -0.1) is 0 Å². The van der Waals surface area contributed by atoms with E-state index in [0.717, 1.165) is 34.0 Å². The van der Waals surface area contributed by atoms with Crippen molar-refractivity contribution in [2.24, 2.45) is 0 Å². The summed E-state index contributed by atoms with van der Waals surface area (Å²) in [5, 5.41) is 19.0. The van der Waals surface area contributed by atoms with Crippen LogP contribution in [0, 0.1) is 10.1 Å². The Labute approximate surface area is 267 Å². The van der Waals surface area contributed by atoms with Crippen LogP contribution in [0.3, 0.4) is 0 Å². The van der Waals surface area contributed by atoms with Crippen LogP contribution in [0.25, 0.3) is 10.8 Å². The van der Waals surface area contributed by atoms with Crippen molar-refractivity contribution in [2.45, 2.75) is 25.7 Å². The highest BCUT2D eigenvalue weighted by Crippen LogP contribution is 2.31. The summed E-state index contributed by atoms with van der Waals surface area (Å²) < 4.78 is 41.7. The van der Waals surface area contributed by atoms with Gasteiger partial charge in [0.1, 0.15) is 0 Å². The van der Waals surface area contributed by atoms with Crippen molar-refractivity contribution in [1.82, 2.24) is 19.8 Å². The van der Waals surface area contributed by atoms with E-state index in [0.29, 0.717) is 18.8 Å². The molecule has 5 rings (SSSR count). The van der Waals surface area contributed by atoms with E-state index in [2.05, 4.69) is 15.6 Å². The summed E-state index contributed by atoms with van der Waals surface area (Å²) >= 11 is 5.66. The van der Waals surface area contributed by atoms with Gasteiger partial charge in [-0.1, -0.05) is 60.7 Å². The second-order valence-corrected chi connectivity index (χ2v) is 10.9. The summed E-state index contributed by atoms with van der Waals surface area (Å²) in [6.07, 6.45) is -1.27. The number of halogens is 3. The van der Waals surface area contributed by atoms with Crippen LogP contribution in [0.15, 0.2) is 104 Å². The molecular formula is C33H29F3N6O3S. The van der Waals surface area contributed by atoms with Crippen LogP contribution in [-0.2, 0) is 30.5 Å². The Morgan fingerprint density at radius 2 is 1.74 bits per heavy atom. The molecule has 0 fully saturated rings. The van der Waals surface area contributed by atoms with E-state index in [1.165, 1.54) is 24.3 Å². The number of hydrogen-bond donors (Lipinski definition) is 2. The minimum absolute atomic E-state index is 0.00650. The van der Waals surface area contributed by atoms with Gasteiger partial charge in [-0.05, 0) is 52.3 Å². The summed E-state index contributed by atoms with van der Waals surface area (Å²) in [6, 6.07) is 24.7. The molecule has 0 aliphatic rings. The largest absolute Gasteiger partial charge is 0.416 e. The van der Waals surface area contributed by atoms with Crippen molar-refractivity contribution in [3.63, 3.8) is 0 Å². The molecule has 0 saturated heterocycles. The summed E-state index contributed by atoms with van der Waals surface area (Å²) in [5.74, 6) is -0.257. The lowest BCUT2D eigenvalue weighted by molar-refractivity contribution is -0.384. The lowest BCUT2D eigenvalue weighted by Crippen LogP contribution is -2.40. The van der Waals surface area contributed by atoms with Crippen molar-refractivity contribution < 1.29 is 22.9 Å². The smallest absolute Gasteiger partial charge is 0.354 e. The second kappa shape index (κ2) is 14.2. The number of thiocarbonyl (C=S) groups is 1. The first-order valence-electron chi connectivity index (χ1n) is 14.3. The van der Waals surface area contributed by atoms with Crippen molar-refractivity contribution in [3.05, 3.63) is 136 Å². The van der Waals surface area contributed by atoms with Crippen molar-refractivity contribution in [1.29, 1.82) is 0 Å². The van der Waals surface area contributed by atoms with Gasteiger partial charge in [0.15, 0.2) is 5.11 Å². The number of imidazole rings is 1. The Hall–Kier alpha value is -5.30. The molecule has 2 N–H and O–H groups in total. The van der Waals surface area contributed by atoms with Gasteiger partial charge >= 0.3 is 6.18 Å². The van der Waals surface area contributed by atoms with Crippen LogP contribution in [0.1, 0.15) is 22.4 Å². The third-order valence-electron chi connectivity index (χ3n) is 7.31. The van der Waals surface area contributed by atoms with Gasteiger partial charge in [-0.3, -0.25) is 14.9 Å². The van der Waals surface area contributed by atoms with E-state index in [9.17, 15) is 28.1 Å². The van der Waals surface area contributed by atoms with Crippen molar-refractivity contribution >= 4 is 45.4 Å². The minimum Gasteiger partial charge on any atom is -0.354 e. The fraction of sp³-hybridized carbons (Fsp3) is 0.182. The zero-order chi connectivity index (χ0) is 32.7. The molecule has 1 amide bonds. The first-order chi connectivity index (χ1) is 22.1. The van der Waals surface area contributed by atoms with E-state index in [4.69, 9.17) is 12.2 Å². The molecule has 9 nitrogen and oxygen atoms in total. The standard InChI is InChI=1S/C33H29F3N6O3S/c34-33(35,36)26-8-4-9-27(17-26)39-32(46)40(21-25-7-3-6-24-5-1-2-10-30(24)25)16-15-38-31(43)18-29-19-37-22-41(29)20-23-11-13-28(14-12-23)42(44)45/h1-14,17,19,22H,15-16,18,20-21H2,(H,38,43)(H,39,46). The van der Waals surface area contributed by atoms with Crippen LogP contribution in [-0.4, -0.2) is 43.5 Å². The molecule has 0 radical (unpaired) electrons. The van der Waals surface area contributed by atoms with Gasteiger partial charge in [0.05, 0.1) is 23.2 Å². The summed E-state index contributed by atoms with van der Waals surface area (Å²) in [7, 11) is 0. The lowest BCUT2D eigenvalue weighted by Gasteiger charge is -2.27. The SMILES string of the molecule is O=C(Cc1cncn1Cc1ccc([N+](=O)[O-])cc1)NCCN(Cc1cccc2ccccc12)C(=S)Nc1cccc(C(F)(F)F)c1. The molecule has 13 heteroatoms. The molecule has 236 valence electrons. The average molecular weight is 647 g/mol. The monoisotopic (exact) mass is 646 g/mol. The van der Waals surface area contributed by atoms with Crippen molar-refractivity contribution in [2.75, 3.05) is 18.4 Å². The van der Waals surface area contributed by atoms with E-state index in [-0.39, 0.29) is 41.9 Å². The third kappa shape index (κ3) is 8.24. The van der Waals surface area contributed by atoms with Gasteiger partial charge < -0.3 is 20.1 Å². The van der Waals surface area contributed by atoms with Crippen LogP contribution in [0.2, 0.25) is 0 Å². The topological polar surface area (TPSA) is 105 Å². The molecule has 4 aromatic carbocycles. The van der Waals surface area contributed by atoms with E-state index in [1.807, 2.05) is 42.5 Å². The number of aromatic nitrogens is 2. The first kappa shape index (κ1) is 32.1. The molecule has 0 aliphatic carbocycles. The first-order valence-corrected chi connectivity index (χ1v) is 14.7. The quantitative estimate of drug-likeness (QED) is 0.0951. The molecule has 1 heterocycles. The Kier molecular flexibility index (Phi) is 9.91. The number of benzene rings is 4. The number of carbonyl (C=O) groups excluding carboxylic acids is 1. The predicted octanol–water partition coefficient (Wildman–Crippen LogP) is 6.57. The highest BCUT2D eigenvalue weighted by atomic mass is 32.1. The Bertz CT molecular complexity index is 1850. The van der Waals surface area contributed by atoms with Gasteiger partial charge in [0, 0.05) is 55.9 Å². The minimum atomic E-state index is -4.50. The van der Waals surface area contributed by atoms with Crippen LogP contribution < -0.4 is 10.6 Å². The molecule has 0 unspecified atom stereocenters. The number of nitrogens with one attached hydrogen (secondary N) is 2. The highest BCUT2D eigenvalue weighted by molar-refractivity contribution is 7.80. The molecule has 0 saturated carbocycles. The fourth-order valence-corrected chi connectivity index (χ4v) is 5.25. The summed E-state index contributed by atoms with van der Waals surface area (Å²) in [4.78, 5) is 29.4. The number of rotatable bonds is 11. The molecular weight excluding hydrogens is 617 g/mol. The van der Waals surface area contributed by atoms with Gasteiger partial charge in [-0.2, -0.15) is 13.2 Å². The number of hydrogen-bond acceptors (Lipinski definition) is 5. The number of carbonyl (C=O) groups is 1. The zero-order valence-corrected chi connectivity index (χ0v) is 25.2. The Morgan fingerprint density at radius 3 is 2.50 bits per heavy atom. The maximum Gasteiger partial charge on any atom is 0.416 e. The summed E-state index contributed by atoms with van der Waals surface area (Å²) in [6.45, 7) is 1.23. The second-order valence-electron chi connectivity index (χ2n) is 10.5. The molecule has 46 heavy (non-hydrogen) atoms. The number of nitrogens with zero attached hydrogens (tertiary/aromatic N) is 4. The maximum absolute atomic E-state index is 13.3. The predicted molar refractivity (Wildman–Crippen MR) is 173 cm³/mol. The molecule has 5 aromatic rings. The lowest BCUT2D eigenvalue weighted by atomic mass is 10.0. The number of nitro groups is 1. The molecule has 0 spiro atoms. The maximum atomic E-state index is 13.3. The molecule has 0 atom stereocenters. The normalized spacial score (nSPS) is 11.3. The highest BCUT2D eigenvalue weighted by Gasteiger charge is 2.30. The van der Waals surface area contributed by atoms with E-state index in [1.54, 1.807) is 34.1 Å². The van der Waals surface area contributed by atoms with E-state index >= 15 is 0 Å². The van der Waals surface area contributed by atoms with Gasteiger partial charge in [0.2, 0.25) is 5.91 Å². The number of anilines is 1. The fourth-order valence-electron chi connectivity index (χ4n) is 4.98. The van der Waals surface area contributed by atoms with Crippen LogP contribution in [0.5, 0.6) is 0 Å². The number of alkyl halides is 3. The van der Waals surface area contributed by atoms with Gasteiger partial charge in [-0.25, -0.2) is 4.98 Å². The third-order valence-corrected chi connectivity index (χ3v) is 7.67. The Morgan fingerprint density at radius 1 is 1.00 bits per heavy atom. The number of non-ortho nitro benzene ring substituents is 1. The van der Waals surface area contributed by atoms with E-state index < -0.39 is 16.7 Å². The molecule has 1 aromatic heterocycles. The van der Waals surface area contributed by atoms with Gasteiger partial charge in [0.25, 0.3) is 5.69 Å². The summed E-state index contributed by atoms with van der Waals surface area (Å²) in [5.41, 5.74) is 1.84. The number of amides is 1. The Balaban J connectivity index is 1.25. The number of fused-ring (bicyclic) bond motifs is 1.